The molecule has 0 radical (unpaired) electrons. The molecule has 0 aromatic carbocycles. The first-order valence-corrected chi connectivity index (χ1v) is 9.82. The van der Waals surface area contributed by atoms with Crippen molar-refractivity contribution < 1.29 is 18.0 Å². The number of piperidine rings is 3. The van der Waals surface area contributed by atoms with Crippen LogP contribution in [0.3, 0.4) is 0 Å². The maximum Gasteiger partial charge on any atom is 0.435 e. The van der Waals surface area contributed by atoms with Crippen molar-refractivity contribution in [1.29, 1.82) is 0 Å². The number of carbonyl (C=O) groups excluding carboxylic acids is 1. The number of amides is 1. The second-order valence-electron chi connectivity index (χ2n) is 7.31. The van der Waals surface area contributed by atoms with Crippen LogP contribution in [0.5, 0.6) is 0 Å². The Morgan fingerprint density at radius 3 is 2.59 bits per heavy atom. The van der Waals surface area contributed by atoms with Gasteiger partial charge >= 0.3 is 6.18 Å². The van der Waals surface area contributed by atoms with Crippen LogP contribution in [0.25, 0.3) is 10.6 Å². The van der Waals surface area contributed by atoms with Crippen molar-refractivity contribution in [1.82, 2.24) is 20.0 Å². The zero-order valence-electron chi connectivity index (χ0n) is 15.1. The van der Waals surface area contributed by atoms with Crippen molar-refractivity contribution >= 4 is 17.2 Å². The minimum atomic E-state index is -4.49. The van der Waals surface area contributed by atoms with Gasteiger partial charge in [0.2, 0.25) is 0 Å². The number of rotatable bonds is 3. The first-order chi connectivity index (χ1) is 12.7. The molecule has 3 aliphatic rings. The predicted molar refractivity (Wildman–Crippen MR) is 96.5 cm³/mol. The number of thiophene rings is 1. The van der Waals surface area contributed by atoms with Gasteiger partial charge in [-0.05, 0) is 57.0 Å². The fourth-order valence-corrected chi connectivity index (χ4v) is 5.16. The first-order valence-electron chi connectivity index (χ1n) is 9.00. The maximum absolute atomic E-state index is 12.9. The van der Waals surface area contributed by atoms with Gasteiger partial charge in [0.1, 0.15) is 0 Å². The second-order valence-corrected chi connectivity index (χ2v) is 8.40. The number of aromatic nitrogens is 2. The Kier molecular flexibility index (Phi) is 4.54. The van der Waals surface area contributed by atoms with Crippen LogP contribution in [0.2, 0.25) is 0 Å². The van der Waals surface area contributed by atoms with E-state index >= 15 is 0 Å². The van der Waals surface area contributed by atoms with Crippen LogP contribution in [-0.2, 0) is 13.2 Å². The zero-order chi connectivity index (χ0) is 19.3. The minimum Gasteiger partial charge on any atom is -0.347 e. The smallest absolute Gasteiger partial charge is 0.347 e. The average molecular weight is 398 g/mol. The molecule has 0 saturated carbocycles. The number of hydrogen-bond donors (Lipinski definition) is 1. The molecule has 2 atom stereocenters. The molecule has 2 aromatic rings. The molecule has 2 aromatic heterocycles. The third-order valence-corrected chi connectivity index (χ3v) is 6.83. The highest BCUT2D eigenvalue weighted by Gasteiger charge is 2.40. The van der Waals surface area contributed by atoms with Crippen molar-refractivity contribution in [2.75, 3.05) is 13.1 Å². The van der Waals surface area contributed by atoms with Gasteiger partial charge in [-0.1, -0.05) is 0 Å². The van der Waals surface area contributed by atoms with Gasteiger partial charge in [-0.25, -0.2) is 0 Å². The van der Waals surface area contributed by atoms with Crippen molar-refractivity contribution in [2.45, 2.75) is 38.0 Å². The molecule has 2 bridgehead atoms. The quantitative estimate of drug-likeness (QED) is 0.863. The van der Waals surface area contributed by atoms with E-state index in [9.17, 15) is 18.0 Å². The maximum atomic E-state index is 12.9. The van der Waals surface area contributed by atoms with Crippen LogP contribution in [0.15, 0.2) is 18.2 Å². The lowest BCUT2D eigenvalue weighted by Gasteiger charge is -2.49. The zero-order valence-corrected chi connectivity index (χ0v) is 15.9. The number of nitrogens with zero attached hydrogens (tertiary/aromatic N) is 3. The van der Waals surface area contributed by atoms with Gasteiger partial charge in [0.25, 0.3) is 5.91 Å². The molecular weight excluding hydrogens is 377 g/mol. The molecule has 3 aliphatic heterocycles. The molecule has 1 N–H and O–H groups in total. The lowest BCUT2D eigenvalue weighted by Crippen LogP contribution is -2.62. The lowest BCUT2D eigenvalue weighted by atomic mass is 9.79. The van der Waals surface area contributed by atoms with Crippen LogP contribution in [-0.4, -0.2) is 45.8 Å². The van der Waals surface area contributed by atoms with Crippen LogP contribution >= 0.6 is 11.3 Å². The fourth-order valence-electron chi connectivity index (χ4n) is 4.20. The van der Waals surface area contributed by atoms with Crippen LogP contribution < -0.4 is 5.32 Å². The Morgan fingerprint density at radius 2 is 2.00 bits per heavy atom. The summed E-state index contributed by atoms with van der Waals surface area (Å²) in [4.78, 5) is 16.2. The highest BCUT2D eigenvalue weighted by molar-refractivity contribution is 7.17. The summed E-state index contributed by atoms with van der Waals surface area (Å²) in [6.45, 7) is 4.32. The standard InChI is InChI=1S/C18H21F3N4OS/c1-10-16(11-5-7-25(10)8-6-11)22-17(26)14-4-3-13(27-14)12-9-15(18(19,20)21)23-24(12)2/h3-4,9-11,16H,5-8H2,1-2H3,(H,22,26)/t10-,16-/m0/s1. The van der Waals surface area contributed by atoms with E-state index in [2.05, 4.69) is 22.2 Å². The second kappa shape index (κ2) is 6.63. The summed E-state index contributed by atoms with van der Waals surface area (Å²) in [5.41, 5.74) is -0.580. The summed E-state index contributed by atoms with van der Waals surface area (Å²) < 4.78 is 39.8. The van der Waals surface area contributed by atoms with Gasteiger partial charge in [-0.2, -0.15) is 18.3 Å². The van der Waals surface area contributed by atoms with E-state index < -0.39 is 11.9 Å². The Morgan fingerprint density at radius 1 is 1.30 bits per heavy atom. The SMILES string of the molecule is C[C@H]1[C@H](NC(=O)c2ccc(-c3cc(C(F)(F)F)nn3C)s2)C2CCN1CC2. The average Bonchev–Trinajstić information content (AvgIpc) is 3.24. The van der Waals surface area contributed by atoms with Gasteiger partial charge in [0.05, 0.1) is 15.4 Å². The van der Waals surface area contributed by atoms with Crippen molar-refractivity contribution in [3.63, 3.8) is 0 Å². The molecule has 1 amide bonds. The molecular formula is C18H21F3N4OS. The van der Waals surface area contributed by atoms with E-state index in [4.69, 9.17) is 0 Å². The number of halogens is 3. The molecule has 0 aliphatic carbocycles. The largest absolute Gasteiger partial charge is 0.435 e. The topological polar surface area (TPSA) is 50.2 Å². The van der Waals surface area contributed by atoms with Gasteiger partial charge in [0, 0.05) is 19.1 Å². The Labute approximate surface area is 159 Å². The lowest BCUT2D eigenvalue weighted by molar-refractivity contribution is -0.141. The fraction of sp³-hybridized carbons (Fsp3) is 0.556. The van der Waals surface area contributed by atoms with Gasteiger partial charge < -0.3 is 5.32 Å². The number of fused-ring (bicyclic) bond motifs is 3. The molecule has 0 unspecified atom stereocenters. The molecule has 5 nitrogen and oxygen atoms in total. The van der Waals surface area contributed by atoms with E-state index in [0.717, 1.165) is 32.0 Å². The van der Waals surface area contributed by atoms with Crippen LogP contribution in [0, 0.1) is 5.92 Å². The highest BCUT2D eigenvalue weighted by Crippen LogP contribution is 2.35. The summed E-state index contributed by atoms with van der Waals surface area (Å²) in [6.07, 6.45) is -2.29. The van der Waals surface area contributed by atoms with E-state index in [1.54, 1.807) is 12.1 Å². The summed E-state index contributed by atoms with van der Waals surface area (Å²) in [5.74, 6) is 0.342. The molecule has 3 saturated heterocycles. The van der Waals surface area contributed by atoms with Crippen LogP contribution in [0.4, 0.5) is 13.2 Å². The van der Waals surface area contributed by atoms with E-state index in [1.165, 1.54) is 23.1 Å². The third kappa shape index (κ3) is 3.38. The van der Waals surface area contributed by atoms with Crippen molar-refractivity contribution in [3.05, 3.63) is 28.8 Å². The number of nitrogens with one attached hydrogen (secondary N) is 1. The number of alkyl halides is 3. The van der Waals surface area contributed by atoms with E-state index in [0.29, 0.717) is 27.4 Å². The first kappa shape index (κ1) is 18.5. The Bertz CT molecular complexity index is 849. The number of aryl methyl sites for hydroxylation is 1. The summed E-state index contributed by atoms with van der Waals surface area (Å²) in [5, 5.41) is 6.69. The molecule has 27 heavy (non-hydrogen) atoms. The normalized spacial score (nSPS) is 27.7. The Hall–Kier alpha value is -1.87. The molecule has 3 fully saturated rings. The molecule has 5 heterocycles. The predicted octanol–water partition coefficient (Wildman–Crippen LogP) is 3.38. The Balaban J connectivity index is 1.51. The van der Waals surface area contributed by atoms with Gasteiger partial charge in [-0.3, -0.25) is 14.4 Å². The summed E-state index contributed by atoms with van der Waals surface area (Å²) in [6, 6.07) is 4.80. The van der Waals surface area contributed by atoms with E-state index in [1.807, 2.05) is 0 Å². The summed E-state index contributed by atoms with van der Waals surface area (Å²) in [7, 11) is 1.47. The highest BCUT2D eigenvalue weighted by atomic mass is 32.1. The number of hydrogen-bond acceptors (Lipinski definition) is 4. The summed E-state index contributed by atoms with van der Waals surface area (Å²) >= 11 is 1.19. The van der Waals surface area contributed by atoms with E-state index in [-0.39, 0.29) is 11.9 Å². The molecule has 5 rings (SSSR count). The third-order valence-electron chi connectivity index (χ3n) is 5.73. The molecule has 0 spiro atoms. The van der Waals surface area contributed by atoms with Gasteiger partial charge in [-0.15, -0.1) is 11.3 Å². The molecule has 146 valence electrons. The van der Waals surface area contributed by atoms with Crippen molar-refractivity contribution in [2.24, 2.45) is 13.0 Å². The minimum absolute atomic E-state index is 0.124. The molecule has 9 heteroatoms. The van der Waals surface area contributed by atoms with Crippen LogP contribution in [0.1, 0.15) is 35.1 Å². The van der Waals surface area contributed by atoms with Crippen molar-refractivity contribution in [3.8, 4) is 10.6 Å². The monoisotopic (exact) mass is 398 g/mol. The van der Waals surface area contributed by atoms with Gasteiger partial charge in [0.15, 0.2) is 5.69 Å². The number of carbonyl (C=O) groups is 1.